The lowest BCUT2D eigenvalue weighted by Gasteiger charge is -2.20. The van der Waals surface area contributed by atoms with Crippen LogP contribution in [0.2, 0.25) is 0 Å². The highest BCUT2D eigenvalue weighted by atomic mass is 16.5. The third-order valence-electron chi connectivity index (χ3n) is 2.83. The predicted octanol–water partition coefficient (Wildman–Crippen LogP) is 1.05. The summed E-state index contributed by atoms with van der Waals surface area (Å²) in [5.74, 6) is 1.32. The van der Waals surface area contributed by atoms with Crippen molar-refractivity contribution in [2.24, 2.45) is 0 Å². The molecule has 17 heavy (non-hydrogen) atoms. The number of nitrogen functional groups attached to an aromatic ring is 1. The zero-order valence-corrected chi connectivity index (χ0v) is 10.1. The summed E-state index contributed by atoms with van der Waals surface area (Å²) in [6, 6.07) is 1.92. The zero-order chi connectivity index (χ0) is 12.3. The molecule has 1 aliphatic heterocycles. The second-order valence-electron chi connectivity index (χ2n) is 4.14. The number of anilines is 2. The second kappa shape index (κ2) is 5.18. The van der Waals surface area contributed by atoms with Gasteiger partial charge in [-0.1, -0.05) is 0 Å². The van der Waals surface area contributed by atoms with Gasteiger partial charge in [0.1, 0.15) is 5.82 Å². The molecule has 2 rings (SSSR count). The van der Waals surface area contributed by atoms with Gasteiger partial charge in [-0.2, -0.15) is 9.97 Å². The van der Waals surface area contributed by atoms with Crippen LogP contribution in [0.4, 0.5) is 11.8 Å². The van der Waals surface area contributed by atoms with Crippen LogP contribution in [-0.4, -0.2) is 35.8 Å². The molecule has 6 heteroatoms. The summed E-state index contributed by atoms with van der Waals surface area (Å²) >= 11 is 0. The number of nitrogens with zero attached hydrogens (tertiary/aromatic N) is 2. The smallest absolute Gasteiger partial charge is 0.225 e. The van der Waals surface area contributed by atoms with Crippen molar-refractivity contribution >= 4 is 11.8 Å². The van der Waals surface area contributed by atoms with E-state index in [9.17, 15) is 0 Å². The lowest BCUT2D eigenvalue weighted by Crippen LogP contribution is -2.30. The summed E-state index contributed by atoms with van der Waals surface area (Å²) in [5, 5.41) is 3.26. The van der Waals surface area contributed by atoms with Gasteiger partial charge in [-0.15, -0.1) is 0 Å². The molecule has 1 aliphatic rings. The fourth-order valence-corrected chi connectivity index (χ4v) is 1.94. The predicted molar refractivity (Wildman–Crippen MR) is 65.1 cm³/mol. The number of aromatic nitrogens is 2. The van der Waals surface area contributed by atoms with E-state index in [1.54, 1.807) is 13.2 Å². The van der Waals surface area contributed by atoms with Gasteiger partial charge >= 0.3 is 0 Å². The van der Waals surface area contributed by atoms with Crippen molar-refractivity contribution in [3.05, 3.63) is 6.07 Å². The molecule has 0 radical (unpaired) electrons. The van der Waals surface area contributed by atoms with E-state index in [4.69, 9.17) is 15.2 Å². The standard InChI is InChI=1S/C11H18N4O2/c1-7(8-4-3-5-17-8)13-9-6-10(16-2)15-11(12)14-9/h6-8H,3-5H2,1-2H3,(H3,12,13,14,15). The molecule has 0 amide bonds. The average Bonchev–Trinajstić information content (AvgIpc) is 2.81. The van der Waals surface area contributed by atoms with E-state index < -0.39 is 0 Å². The summed E-state index contributed by atoms with van der Waals surface area (Å²) in [4.78, 5) is 8.04. The maximum absolute atomic E-state index is 5.61. The first-order chi connectivity index (χ1) is 8.19. The van der Waals surface area contributed by atoms with Gasteiger partial charge in [0, 0.05) is 12.7 Å². The van der Waals surface area contributed by atoms with Gasteiger partial charge in [0.15, 0.2) is 0 Å². The number of nitrogens with two attached hydrogens (primary N) is 1. The van der Waals surface area contributed by atoms with Crippen LogP contribution in [-0.2, 0) is 4.74 Å². The fourth-order valence-electron chi connectivity index (χ4n) is 1.94. The number of methoxy groups -OCH3 is 1. The molecule has 94 valence electrons. The van der Waals surface area contributed by atoms with Crippen molar-refractivity contribution in [1.29, 1.82) is 0 Å². The van der Waals surface area contributed by atoms with Gasteiger partial charge < -0.3 is 20.5 Å². The van der Waals surface area contributed by atoms with Crippen molar-refractivity contribution in [2.75, 3.05) is 24.8 Å². The number of rotatable bonds is 4. The van der Waals surface area contributed by atoms with Gasteiger partial charge in [-0.3, -0.25) is 0 Å². The molecule has 0 bridgehead atoms. The van der Waals surface area contributed by atoms with Crippen molar-refractivity contribution in [3.63, 3.8) is 0 Å². The molecule has 6 nitrogen and oxygen atoms in total. The number of hydrogen-bond acceptors (Lipinski definition) is 6. The molecule has 2 heterocycles. The minimum absolute atomic E-state index is 0.191. The molecule has 1 fully saturated rings. The topological polar surface area (TPSA) is 82.3 Å². The molecule has 0 spiro atoms. The van der Waals surface area contributed by atoms with Crippen LogP contribution in [0.1, 0.15) is 19.8 Å². The Morgan fingerprint density at radius 1 is 1.59 bits per heavy atom. The van der Waals surface area contributed by atoms with Crippen molar-refractivity contribution < 1.29 is 9.47 Å². The summed E-state index contributed by atoms with van der Waals surface area (Å²) in [6.45, 7) is 2.91. The Kier molecular flexibility index (Phi) is 3.63. The van der Waals surface area contributed by atoms with Crippen LogP contribution >= 0.6 is 0 Å². The van der Waals surface area contributed by atoms with Crippen LogP contribution in [0.5, 0.6) is 5.88 Å². The molecular weight excluding hydrogens is 220 g/mol. The van der Waals surface area contributed by atoms with Gasteiger partial charge in [0.25, 0.3) is 0 Å². The van der Waals surface area contributed by atoms with E-state index in [2.05, 4.69) is 22.2 Å². The van der Waals surface area contributed by atoms with Gasteiger partial charge in [-0.25, -0.2) is 0 Å². The van der Waals surface area contributed by atoms with E-state index in [-0.39, 0.29) is 18.1 Å². The Bertz CT molecular complexity index is 380. The molecule has 2 atom stereocenters. The third-order valence-corrected chi connectivity index (χ3v) is 2.83. The Morgan fingerprint density at radius 3 is 3.06 bits per heavy atom. The maximum Gasteiger partial charge on any atom is 0.225 e. The molecule has 0 aromatic carbocycles. The Morgan fingerprint density at radius 2 is 2.41 bits per heavy atom. The van der Waals surface area contributed by atoms with Crippen molar-refractivity contribution in [3.8, 4) is 5.88 Å². The molecular formula is C11H18N4O2. The van der Waals surface area contributed by atoms with E-state index in [1.807, 2.05) is 0 Å². The molecule has 1 aromatic heterocycles. The highest BCUT2D eigenvalue weighted by Gasteiger charge is 2.22. The highest BCUT2D eigenvalue weighted by molar-refractivity contribution is 5.43. The fraction of sp³-hybridized carbons (Fsp3) is 0.636. The van der Waals surface area contributed by atoms with Crippen LogP contribution in [0.15, 0.2) is 6.07 Å². The SMILES string of the molecule is COc1cc(NC(C)C2CCCO2)nc(N)n1. The lowest BCUT2D eigenvalue weighted by atomic mass is 10.1. The Balaban J connectivity index is 2.04. The molecule has 2 unspecified atom stereocenters. The maximum atomic E-state index is 5.61. The van der Waals surface area contributed by atoms with Gasteiger partial charge in [0.2, 0.25) is 11.8 Å². The summed E-state index contributed by atoms with van der Waals surface area (Å²) in [7, 11) is 1.55. The first kappa shape index (κ1) is 11.9. The van der Waals surface area contributed by atoms with E-state index in [1.165, 1.54) is 0 Å². The van der Waals surface area contributed by atoms with E-state index >= 15 is 0 Å². The minimum atomic E-state index is 0.191. The van der Waals surface area contributed by atoms with E-state index in [0.29, 0.717) is 11.7 Å². The third kappa shape index (κ3) is 2.97. The first-order valence-corrected chi connectivity index (χ1v) is 5.75. The van der Waals surface area contributed by atoms with Crippen LogP contribution in [0.3, 0.4) is 0 Å². The summed E-state index contributed by atoms with van der Waals surface area (Å²) < 4.78 is 10.6. The minimum Gasteiger partial charge on any atom is -0.481 e. The Labute approximate surface area is 101 Å². The van der Waals surface area contributed by atoms with Crippen molar-refractivity contribution in [1.82, 2.24) is 9.97 Å². The molecule has 1 aromatic rings. The van der Waals surface area contributed by atoms with E-state index in [0.717, 1.165) is 19.4 Å². The second-order valence-corrected chi connectivity index (χ2v) is 4.14. The lowest BCUT2D eigenvalue weighted by molar-refractivity contribution is 0.0995. The highest BCUT2D eigenvalue weighted by Crippen LogP contribution is 2.20. The molecule has 0 aliphatic carbocycles. The van der Waals surface area contributed by atoms with Crippen LogP contribution < -0.4 is 15.8 Å². The van der Waals surface area contributed by atoms with Crippen LogP contribution in [0, 0.1) is 0 Å². The largest absolute Gasteiger partial charge is 0.481 e. The molecule has 0 saturated carbocycles. The normalized spacial score (nSPS) is 21.2. The monoisotopic (exact) mass is 238 g/mol. The number of nitrogens with one attached hydrogen (secondary N) is 1. The average molecular weight is 238 g/mol. The summed E-state index contributed by atoms with van der Waals surface area (Å²) in [5.41, 5.74) is 5.59. The van der Waals surface area contributed by atoms with Crippen molar-refractivity contribution in [2.45, 2.75) is 31.9 Å². The summed E-state index contributed by atoms with van der Waals surface area (Å²) in [6.07, 6.45) is 2.43. The van der Waals surface area contributed by atoms with Gasteiger partial charge in [-0.05, 0) is 19.8 Å². The zero-order valence-electron chi connectivity index (χ0n) is 10.1. The quantitative estimate of drug-likeness (QED) is 0.815. The number of ether oxygens (including phenoxy) is 2. The first-order valence-electron chi connectivity index (χ1n) is 5.75. The molecule has 3 N–H and O–H groups in total. The van der Waals surface area contributed by atoms with Gasteiger partial charge in [0.05, 0.1) is 19.3 Å². The molecule has 1 saturated heterocycles. The number of hydrogen-bond donors (Lipinski definition) is 2. The van der Waals surface area contributed by atoms with Crippen LogP contribution in [0.25, 0.3) is 0 Å². The Hall–Kier alpha value is -1.56.